The van der Waals surface area contributed by atoms with Crippen LogP contribution in [0.25, 0.3) is 10.8 Å². The zero-order valence-corrected chi connectivity index (χ0v) is 16.0. The van der Waals surface area contributed by atoms with Crippen molar-refractivity contribution in [1.29, 1.82) is 0 Å². The van der Waals surface area contributed by atoms with Crippen molar-refractivity contribution in [2.45, 2.75) is 4.90 Å². The average molecular weight is 365 g/mol. The van der Waals surface area contributed by atoms with Gasteiger partial charge in [-0.05, 0) is 47.2 Å². The van der Waals surface area contributed by atoms with Crippen LogP contribution in [0.2, 0.25) is 0 Å². The van der Waals surface area contributed by atoms with Gasteiger partial charge in [0.2, 0.25) is 0 Å². The van der Waals surface area contributed by atoms with Gasteiger partial charge in [0.05, 0.1) is 16.3 Å². The number of phenolic OH excluding ortho intramolecular Hbond substituents is 1. The Bertz CT molecular complexity index is 1050. The predicted octanol–water partition coefficient (Wildman–Crippen LogP) is -0.372. The molecule has 1 aliphatic rings. The number of hydrogen-bond donors (Lipinski definition) is 3. The summed E-state index contributed by atoms with van der Waals surface area (Å²) in [4.78, 5) is -0.327. The van der Waals surface area contributed by atoms with Gasteiger partial charge in [0.15, 0.2) is 0 Å². The molecule has 0 aromatic heterocycles. The molecule has 0 atom stereocenters. The van der Waals surface area contributed by atoms with Crippen molar-refractivity contribution in [3.63, 3.8) is 0 Å². The Balaban J connectivity index is 0.00000182. The quantitative estimate of drug-likeness (QED) is 0.420. The summed E-state index contributed by atoms with van der Waals surface area (Å²) in [6, 6.07) is 14.7. The van der Waals surface area contributed by atoms with Crippen molar-refractivity contribution >= 4 is 38.0 Å². The minimum atomic E-state index is -4.54. The molecule has 7 nitrogen and oxygen atoms in total. The molecule has 0 saturated carbocycles. The number of fused-ring (bicyclic) bond motifs is 2. The second-order valence-electron chi connectivity index (χ2n) is 5.41. The van der Waals surface area contributed by atoms with Gasteiger partial charge in [-0.3, -0.25) is 10.9 Å². The van der Waals surface area contributed by atoms with Crippen molar-refractivity contribution in [3.05, 3.63) is 54.6 Å². The van der Waals surface area contributed by atoms with E-state index in [1.165, 1.54) is 24.3 Å². The minimum Gasteiger partial charge on any atom is -0.744 e. The number of hydrogen-bond acceptors (Lipinski definition) is 7. The van der Waals surface area contributed by atoms with Crippen LogP contribution in [0.5, 0.6) is 5.75 Å². The number of aromatic hydroxyl groups is 1. The van der Waals surface area contributed by atoms with Crippen molar-refractivity contribution in [3.8, 4) is 5.75 Å². The molecule has 0 saturated heterocycles. The molecule has 0 radical (unpaired) electrons. The van der Waals surface area contributed by atoms with E-state index in [0.717, 1.165) is 11.4 Å². The van der Waals surface area contributed by atoms with Crippen LogP contribution >= 0.6 is 0 Å². The van der Waals surface area contributed by atoms with Gasteiger partial charge in [0.1, 0.15) is 21.6 Å². The van der Waals surface area contributed by atoms with Crippen molar-refractivity contribution < 1.29 is 47.6 Å². The van der Waals surface area contributed by atoms with Crippen molar-refractivity contribution in [1.82, 2.24) is 0 Å². The third-order valence-corrected chi connectivity index (χ3v) is 4.66. The third-order valence-electron chi connectivity index (χ3n) is 3.83. The van der Waals surface area contributed by atoms with Gasteiger partial charge in [-0.2, -0.15) is 5.12 Å². The largest absolute Gasteiger partial charge is 1.00 e. The molecule has 0 spiro atoms. The Morgan fingerprint density at radius 2 is 1.56 bits per heavy atom. The van der Waals surface area contributed by atoms with Crippen LogP contribution in [0.3, 0.4) is 0 Å². The SMILES string of the molecule is O=S(=O)([O-])c1ccc2cc(N3Nc4ccccc4N3)c(O)cc2c1.[Na+]. The molecule has 9 heteroatoms. The third kappa shape index (κ3) is 3.26. The Kier molecular flexibility index (Phi) is 4.56. The average Bonchev–Trinajstić information content (AvgIpc) is 2.96. The zero-order chi connectivity index (χ0) is 16.9. The van der Waals surface area contributed by atoms with Crippen LogP contribution in [-0.4, -0.2) is 18.1 Å². The smallest absolute Gasteiger partial charge is 0.744 e. The molecule has 0 bridgehead atoms. The van der Waals surface area contributed by atoms with Crippen LogP contribution in [0.1, 0.15) is 0 Å². The van der Waals surface area contributed by atoms with E-state index in [1.807, 2.05) is 24.3 Å². The number of anilines is 3. The summed E-state index contributed by atoms with van der Waals surface area (Å²) in [5, 5.41) is 13.0. The maximum absolute atomic E-state index is 11.1. The molecular formula is C16H12N3NaO4S. The summed E-state index contributed by atoms with van der Waals surface area (Å²) in [6.45, 7) is 0. The number of para-hydroxylation sites is 2. The molecule has 3 N–H and O–H groups in total. The molecule has 3 aromatic rings. The standard InChI is InChI=1S/C16H13N3O4S.Na/c20-16-9-11-7-12(24(21,22)23)6-5-10(11)8-15(16)19-17-13-3-1-2-4-14(13)18-19;/h1-9,17-18,20H,(H,21,22,23);/q;+1/p-1. The molecule has 0 aliphatic carbocycles. The van der Waals surface area contributed by atoms with Gasteiger partial charge in [-0.25, -0.2) is 8.42 Å². The Morgan fingerprint density at radius 1 is 0.920 bits per heavy atom. The molecule has 0 unspecified atom stereocenters. The fraction of sp³-hybridized carbons (Fsp3) is 0. The molecule has 1 heterocycles. The van der Waals surface area contributed by atoms with Crippen LogP contribution in [-0.2, 0) is 10.1 Å². The van der Waals surface area contributed by atoms with E-state index in [9.17, 15) is 18.1 Å². The van der Waals surface area contributed by atoms with Crippen molar-refractivity contribution in [2.24, 2.45) is 0 Å². The first-order valence-corrected chi connectivity index (χ1v) is 8.48. The normalized spacial score (nSPS) is 12.9. The fourth-order valence-electron chi connectivity index (χ4n) is 2.65. The molecule has 4 rings (SSSR count). The van der Waals surface area contributed by atoms with Crippen LogP contribution in [0, 0.1) is 0 Å². The Hall–Kier alpha value is -1.97. The van der Waals surface area contributed by atoms with Gasteiger partial charge in [-0.1, -0.05) is 18.2 Å². The van der Waals surface area contributed by atoms with Gasteiger partial charge in [-0.15, -0.1) is 0 Å². The van der Waals surface area contributed by atoms with E-state index >= 15 is 0 Å². The first-order valence-electron chi connectivity index (χ1n) is 7.07. The second-order valence-corrected chi connectivity index (χ2v) is 6.79. The summed E-state index contributed by atoms with van der Waals surface area (Å²) >= 11 is 0. The number of nitrogens with one attached hydrogen (secondary N) is 2. The zero-order valence-electron chi connectivity index (χ0n) is 13.2. The Morgan fingerprint density at radius 3 is 2.16 bits per heavy atom. The van der Waals surface area contributed by atoms with Crippen LogP contribution in [0.4, 0.5) is 17.1 Å². The predicted molar refractivity (Wildman–Crippen MR) is 89.7 cm³/mol. The molecular weight excluding hydrogens is 353 g/mol. The second kappa shape index (κ2) is 6.40. The molecule has 0 fully saturated rings. The monoisotopic (exact) mass is 365 g/mol. The summed E-state index contributed by atoms with van der Waals surface area (Å²) in [5.41, 5.74) is 8.42. The van der Waals surface area contributed by atoms with E-state index in [4.69, 9.17) is 0 Å². The Labute approximate surface area is 166 Å². The number of hydrazine groups is 2. The van der Waals surface area contributed by atoms with Crippen LogP contribution < -0.4 is 45.5 Å². The number of rotatable bonds is 2. The molecule has 1 aliphatic heterocycles. The fourth-order valence-corrected chi connectivity index (χ4v) is 3.16. The summed E-state index contributed by atoms with van der Waals surface area (Å²) in [6.07, 6.45) is 0. The van der Waals surface area contributed by atoms with Gasteiger partial charge >= 0.3 is 29.6 Å². The number of benzene rings is 3. The molecule has 25 heavy (non-hydrogen) atoms. The van der Waals surface area contributed by atoms with Crippen molar-refractivity contribution in [2.75, 3.05) is 16.0 Å². The molecule has 3 aromatic carbocycles. The topological polar surface area (TPSA) is 105 Å². The summed E-state index contributed by atoms with van der Waals surface area (Å²) in [7, 11) is -4.54. The minimum absolute atomic E-state index is 0. The molecule has 0 amide bonds. The van der Waals surface area contributed by atoms with Gasteiger partial charge in [0.25, 0.3) is 0 Å². The number of nitrogens with zero attached hydrogens (tertiary/aromatic N) is 1. The van der Waals surface area contributed by atoms with E-state index in [2.05, 4.69) is 10.9 Å². The maximum atomic E-state index is 11.1. The summed E-state index contributed by atoms with van der Waals surface area (Å²) in [5.74, 6) is -0.0595. The van der Waals surface area contributed by atoms with E-state index in [-0.39, 0.29) is 40.2 Å². The van der Waals surface area contributed by atoms with E-state index in [1.54, 1.807) is 11.2 Å². The van der Waals surface area contributed by atoms with E-state index < -0.39 is 10.1 Å². The molecule has 122 valence electrons. The maximum Gasteiger partial charge on any atom is 1.00 e. The van der Waals surface area contributed by atoms with Crippen LogP contribution in [0.15, 0.2) is 59.5 Å². The summed E-state index contributed by atoms with van der Waals surface area (Å²) < 4.78 is 33.4. The number of phenols is 1. The van der Waals surface area contributed by atoms with E-state index in [0.29, 0.717) is 16.5 Å². The van der Waals surface area contributed by atoms with Gasteiger partial charge in [0, 0.05) is 0 Å². The first kappa shape index (κ1) is 17.8. The van der Waals surface area contributed by atoms with Gasteiger partial charge < -0.3 is 9.66 Å². The first-order chi connectivity index (χ1) is 11.4.